The second-order valence-electron chi connectivity index (χ2n) is 8.68. The lowest BCUT2D eigenvalue weighted by Gasteiger charge is -2.37. The molecule has 0 amide bonds. The predicted octanol–water partition coefficient (Wildman–Crippen LogP) is 3.08. The Bertz CT molecular complexity index is 1230. The topological polar surface area (TPSA) is 79.5 Å². The fourth-order valence-electron chi connectivity index (χ4n) is 4.51. The zero-order valence-corrected chi connectivity index (χ0v) is 19.4. The number of piperazine rings is 1. The fraction of sp³-hybridized carbons (Fsp3) is 0.346. The average molecular weight is 459 g/mol. The molecule has 3 heterocycles. The van der Waals surface area contributed by atoms with Gasteiger partial charge in [-0.2, -0.15) is 0 Å². The van der Waals surface area contributed by atoms with Crippen molar-refractivity contribution in [3.63, 3.8) is 0 Å². The van der Waals surface area contributed by atoms with Crippen LogP contribution < -0.4 is 9.64 Å². The lowest BCUT2D eigenvalue weighted by atomic mass is 10.1. The van der Waals surface area contributed by atoms with Crippen LogP contribution in [-0.2, 0) is 6.54 Å². The van der Waals surface area contributed by atoms with Crippen molar-refractivity contribution in [2.45, 2.75) is 19.1 Å². The van der Waals surface area contributed by atoms with Gasteiger partial charge < -0.3 is 14.7 Å². The number of hydrogen-bond donors (Lipinski definition) is 1. The summed E-state index contributed by atoms with van der Waals surface area (Å²) in [5.41, 5.74) is 3.94. The average Bonchev–Trinajstić information content (AvgIpc) is 3.37. The number of hydrogen-bond acceptors (Lipinski definition) is 7. The summed E-state index contributed by atoms with van der Waals surface area (Å²) in [4.78, 5) is 9.04. The van der Waals surface area contributed by atoms with Crippen LogP contribution in [0.1, 0.15) is 6.42 Å². The largest absolute Gasteiger partial charge is 0.495 e. The van der Waals surface area contributed by atoms with Gasteiger partial charge in [-0.15, -0.1) is 5.10 Å². The Balaban J connectivity index is 1.11. The van der Waals surface area contributed by atoms with Gasteiger partial charge in [0.2, 0.25) is 0 Å². The number of aliphatic hydroxyl groups is 1. The summed E-state index contributed by atoms with van der Waals surface area (Å²) in [6.07, 6.45) is 3.97. The molecule has 1 aliphatic rings. The molecule has 1 saturated heterocycles. The molecule has 0 aliphatic carbocycles. The summed E-state index contributed by atoms with van der Waals surface area (Å²) >= 11 is 0. The van der Waals surface area contributed by atoms with E-state index in [9.17, 15) is 5.11 Å². The number of rotatable bonds is 8. The number of benzene rings is 2. The molecule has 2 aromatic heterocycles. The van der Waals surface area contributed by atoms with Gasteiger partial charge in [0.15, 0.2) is 0 Å². The zero-order valence-electron chi connectivity index (χ0n) is 19.4. The third kappa shape index (κ3) is 5.03. The molecule has 8 nitrogen and oxygen atoms in total. The Labute approximate surface area is 199 Å². The smallest absolute Gasteiger partial charge is 0.142 e. The molecule has 8 heteroatoms. The fourth-order valence-corrected chi connectivity index (χ4v) is 4.51. The molecule has 1 atom stereocenters. The van der Waals surface area contributed by atoms with Gasteiger partial charge in [-0.05, 0) is 36.8 Å². The van der Waals surface area contributed by atoms with E-state index < -0.39 is 6.10 Å². The molecule has 2 aromatic carbocycles. The molecular weight excluding hydrogens is 428 g/mol. The van der Waals surface area contributed by atoms with E-state index in [4.69, 9.17) is 4.74 Å². The lowest BCUT2D eigenvalue weighted by Crippen LogP contribution is -2.48. The van der Waals surface area contributed by atoms with Gasteiger partial charge >= 0.3 is 0 Å². The van der Waals surface area contributed by atoms with Crippen LogP contribution in [0.2, 0.25) is 0 Å². The molecule has 5 rings (SSSR count). The normalized spacial score (nSPS) is 15.5. The minimum Gasteiger partial charge on any atom is -0.495 e. The van der Waals surface area contributed by atoms with E-state index in [-0.39, 0.29) is 0 Å². The summed E-state index contributed by atoms with van der Waals surface area (Å²) in [5, 5.41) is 20.3. The molecule has 0 radical (unpaired) electrons. The molecule has 0 spiro atoms. The Morgan fingerprint density at radius 1 is 1.03 bits per heavy atom. The van der Waals surface area contributed by atoms with Crippen molar-refractivity contribution in [3.8, 4) is 17.0 Å². The molecule has 176 valence electrons. The molecule has 0 bridgehead atoms. The van der Waals surface area contributed by atoms with Gasteiger partial charge in [-0.25, -0.2) is 0 Å². The number of anilines is 1. The monoisotopic (exact) mass is 458 g/mol. The van der Waals surface area contributed by atoms with Crippen LogP contribution in [0.5, 0.6) is 5.75 Å². The minimum absolute atomic E-state index is 0.405. The van der Waals surface area contributed by atoms with Gasteiger partial charge in [-0.1, -0.05) is 29.5 Å². The highest BCUT2D eigenvalue weighted by Crippen LogP contribution is 2.28. The highest BCUT2D eigenvalue weighted by Gasteiger charge is 2.21. The number of aryl methyl sites for hydroxylation is 1. The number of methoxy groups -OCH3 is 1. The van der Waals surface area contributed by atoms with E-state index in [1.807, 2.05) is 53.3 Å². The quantitative estimate of drug-likeness (QED) is 0.435. The Morgan fingerprint density at radius 2 is 1.88 bits per heavy atom. The number of β-amino-alcohol motifs (C(OH)–C–C–N with tert-alkyl or cyclic N) is 1. The third-order valence-electron chi connectivity index (χ3n) is 6.40. The Morgan fingerprint density at radius 3 is 2.74 bits per heavy atom. The number of fused-ring (bicyclic) bond motifs is 1. The van der Waals surface area contributed by atoms with Crippen LogP contribution in [0.4, 0.5) is 5.69 Å². The van der Waals surface area contributed by atoms with Crippen LogP contribution in [0.3, 0.4) is 0 Å². The number of pyridine rings is 1. The lowest BCUT2D eigenvalue weighted by molar-refractivity contribution is 0.0972. The van der Waals surface area contributed by atoms with E-state index in [1.54, 1.807) is 13.3 Å². The van der Waals surface area contributed by atoms with Crippen molar-refractivity contribution in [3.05, 3.63) is 67.0 Å². The SMILES string of the molecule is COc1ccccc1N1CCN(CC(O)CCn2cc(-c3ccc4ncccc4c3)nn2)CC1. The van der Waals surface area contributed by atoms with E-state index in [1.165, 1.54) is 0 Å². The summed E-state index contributed by atoms with van der Waals surface area (Å²) in [7, 11) is 1.71. The zero-order chi connectivity index (χ0) is 23.3. The summed E-state index contributed by atoms with van der Waals surface area (Å²) < 4.78 is 7.31. The molecule has 1 fully saturated rings. The second kappa shape index (κ2) is 10.2. The summed E-state index contributed by atoms with van der Waals surface area (Å²) in [6.45, 7) is 4.96. The minimum atomic E-state index is -0.405. The second-order valence-corrected chi connectivity index (χ2v) is 8.68. The van der Waals surface area contributed by atoms with Crippen LogP contribution in [0.15, 0.2) is 67.0 Å². The maximum absolute atomic E-state index is 10.6. The molecule has 1 unspecified atom stereocenters. The van der Waals surface area contributed by atoms with E-state index in [0.29, 0.717) is 19.5 Å². The standard InChI is InChI=1S/C26H30N6O2/c1-34-26-7-3-2-6-25(26)31-15-13-30(14-16-31)18-22(33)10-12-32-19-24(28-29-32)21-8-9-23-20(17-21)5-4-11-27-23/h2-9,11,17,19,22,33H,10,12-16,18H2,1H3. The molecule has 34 heavy (non-hydrogen) atoms. The maximum Gasteiger partial charge on any atom is 0.142 e. The first kappa shape index (κ1) is 22.3. The van der Waals surface area contributed by atoms with Crippen LogP contribution in [0.25, 0.3) is 22.2 Å². The third-order valence-corrected chi connectivity index (χ3v) is 6.40. The van der Waals surface area contributed by atoms with Crippen molar-refractivity contribution in [2.75, 3.05) is 44.7 Å². The van der Waals surface area contributed by atoms with Crippen molar-refractivity contribution in [2.24, 2.45) is 0 Å². The van der Waals surface area contributed by atoms with Gasteiger partial charge in [0.05, 0.1) is 30.6 Å². The Hall–Kier alpha value is -3.49. The van der Waals surface area contributed by atoms with Gasteiger partial charge in [-0.3, -0.25) is 14.6 Å². The number of aromatic nitrogens is 4. The molecule has 0 saturated carbocycles. The first-order valence-corrected chi connectivity index (χ1v) is 11.7. The first-order chi connectivity index (χ1) is 16.7. The van der Waals surface area contributed by atoms with Crippen LogP contribution >= 0.6 is 0 Å². The van der Waals surface area contributed by atoms with Crippen LogP contribution in [0, 0.1) is 0 Å². The van der Waals surface area contributed by atoms with Gasteiger partial charge in [0.1, 0.15) is 11.4 Å². The number of para-hydroxylation sites is 2. The first-order valence-electron chi connectivity index (χ1n) is 11.7. The van der Waals surface area contributed by atoms with E-state index in [0.717, 1.165) is 59.8 Å². The molecule has 1 aliphatic heterocycles. The number of nitrogens with zero attached hydrogens (tertiary/aromatic N) is 6. The summed E-state index contributed by atoms with van der Waals surface area (Å²) in [6, 6.07) is 18.2. The highest BCUT2D eigenvalue weighted by molar-refractivity contribution is 5.83. The highest BCUT2D eigenvalue weighted by atomic mass is 16.5. The predicted molar refractivity (Wildman–Crippen MR) is 133 cm³/mol. The molecule has 1 N–H and O–H groups in total. The maximum atomic E-state index is 10.6. The van der Waals surface area contributed by atoms with Crippen molar-refractivity contribution in [1.29, 1.82) is 0 Å². The van der Waals surface area contributed by atoms with Crippen molar-refractivity contribution < 1.29 is 9.84 Å². The molecule has 4 aromatic rings. The summed E-state index contributed by atoms with van der Waals surface area (Å²) in [5.74, 6) is 0.906. The van der Waals surface area contributed by atoms with Gasteiger partial charge in [0, 0.05) is 56.4 Å². The van der Waals surface area contributed by atoms with E-state index in [2.05, 4.69) is 37.2 Å². The number of aliphatic hydroxyl groups excluding tert-OH is 1. The van der Waals surface area contributed by atoms with E-state index >= 15 is 0 Å². The Kier molecular flexibility index (Phi) is 6.69. The van der Waals surface area contributed by atoms with Crippen LogP contribution in [-0.4, -0.2) is 75.9 Å². The number of ether oxygens (including phenoxy) is 1. The van der Waals surface area contributed by atoms with Crippen molar-refractivity contribution in [1.82, 2.24) is 24.9 Å². The van der Waals surface area contributed by atoms with Gasteiger partial charge in [0.25, 0.3) is 0 Å². The molecular formula is C26H30N6O2. The van der Waals surface area contributed by atoms with Crippen molar-refractivity contribution >= 4 is 16.6 Å².